The number of nitrogen functional groups attached to an aromatic ring is 1. The lowest BCUT2D eigenvalue weighted by atomic mass is 9.96. The van der Waals surface area contributed by atoms with E-state index in [0.717, 1.165) is 48.5 Å². The second-order valence-corrected chi connectivity index (χ2v) is 8.93. The number of anilines is 1. The van der Waals surface area contributed by atoms with Crippen LogP contribution >= 0.6 is 11.6 Å². The SMILES string of the molecule is C[C@H](NC(=O)[C@H]1C[C@H](Cc2ccc(Cl)cc2)CN1)C(=O)NC1CCc2nc(N)ccc21. The summed E-state index contributed by atoms with van der Waals surface area (Å²) in [6.45, 7) is 2.49. The van der Waals surface area contributed by atoms with E-state index in [-0.39, 0.29) is 23.9 Å². The molecule has 2 aromatic rings. The third kappa shape index (κ3) is 5.17. The van der Waals surface area contributed by atoms with Crippen molar-refractivity contribution in [2.75, 3.05) is 12.3 Å². The minimum Gasteiger partial charge on any atom is -0.384 e. The third-order valence-corrected chi connectivity index (χ3v) is 6.37. The van der Waals surface area contributed by atoms with Gasteiger partial charge in [0.15, 0.2) is 0 Å². The number of halogens is 1. The van der Waals surface area contributed by atoms with Crippen LogP contribution in [-0.2, 0) is 22.4 Å². The van der Waals surface area contributed by atoms with Gasteiger partial charge in [0.05, 0.1) is 12.1 Å². The highest BCUT2D eigenvalue weighted by Crippen LogP contribution is 2.30. The Hall–Kier alpha value is -2.64. The van der Waals surface area contributed by atoms with E-state index in [4.69, 9.17) is 17.3 Å². The molecule has 164 valence electrons. The number of aryl methyl sites for hydroxylation is 1. The molecule has 5 N–H and O–H groups in total. The van der Waals surface area contributed by atoms with Gasteiger partial charge in [0.2, 0.25) is 11.8 Å². The monoisotopic (exact) mass is 441 g/mol. The zero-order valence-corrected chi connectivity index (χ0v) is 18.3. The number of fused-ring (bicyclic) bond motifs is 1. The van der Waals surface area contributed by atoms with Gasteiger partial charge in [0.25, 0.3) is 0 Å². The Labute approximate surface area is 187 Å². The van der Waals surface area contributed by atoms with Gasteiger partial charge in [-0.15, -0.1) is 0 Å². The first kappa shape index (κ1) is 21.6. The minimum absolute atomic E-state index is 0.0942. The summed E-state index contributed by atoms with van der Waals surface area (Å²) in [6, 6.07) is 10.5. The molecule has 2 amide bonds. The lowest BCUT2D eigenvalue weighted by Gasteiger charge is -2.20. The van der Waals surface area contributed by atoms with Crippen LogP contribution in [0.3, 0.4) is 0 Å². The van der Waals surface area contributed by atoms with E-state index in [9.17, 15) is 9.59 Å². The van der Waals surface area contributed by atoms with Crippen LogP contribution in [0.2, 0.25) is 5.02 Å². The molecule has 4 rings (SSSR count). The van der Waals surface area contributed by atoms with Crippen molar-refractivity contribution < 1.29 is 9.59 Å². The quantitative estimate of drug-likeness (QED) is 0.549. The third-order valence-electron chi connectivity index (χ3n) is 6.12. The zero-order chi connectivity index (χ0) is 22.0. The predicted molar refractivity (Wildman–Crippen MR) is 121 cm³/mol. The van der Waals surface area contributed by atoms with E-state index < -0.39 is 6.04 Å². The van der Waals surface area contributed by atoms with E-state index in [2.05, 4.69) is 20.9 Å². The van der Waals surface area contributed by atoms with Crippen LogP contribution in [0.25, 0.3) is 0 Å². The fourth-order valence-corrected chi connectivity index (χ4v) is 4.55. The molecule has 1 saturated heterocycles. The summed E-state index contributed by atoms with van der Waals surface area (Å²) < 4.78 is 0. The Morgan fingerprint density at radius 2 is 2.03 bits per heavy atom. The Kier molecular flexibility index (Phi) is 6.43. The summed E-state index contributed by atoms with van der Waals surface area (Å²) in [5.41, 5.74) is 8.89. The Balaban J connectivity index is 1.26. The molecule has 31 heavy (non-hydrogen) atoms. The number of rotatable bonds is 6. The predicted octanol–water partition coefficient (Wildman–Crippen LogP) is 2.15. The van der Waals surface area contributed by atoms with Gasteiger partial charge in [-0.1, -0.05) is 29.8 Å². The first-order valence-corrected chi connectivity index (χ1v) is 11.1. The van der Waals surface area contributed by atoms with Crippen LogP contribution in [0.5, 0.6) is 0 Å². The van der Waals surface area contributed by atoms with Gasteiger partial charge in [0.1, 0.15) is 11.9 Å². The second kappa shape index (κ2) is 9.24. The first-order chi connectivity index (χ1) is 14.9. The van der Waals surface area contributed by atoms with Crippen molar-refractivity contribution in [2.45, 2.75) is 50.7 Å². The van der Waals surface area contributed by atoms with Crippen molar-refractivity contribution in [1.82, 2.24) is 20.9 Å². The van der Waals surface area contributed by atoms with Crippen LogP contribution < -0.4 is 21.7 Å². The topological polar surface area (TPSA) is 109 Å². The molecular formula is C23H28ClN5O2. The van der Waals surface area contributed by atoms with Gasteiger partial charge in [-0.3, -0.25) is 9.59 Å². The van der Waals surface area contributed by atoms with Crippen molar-refractivity contribution in [3.05, 3.63) is 58.2 Å². The van der Waals surface area contributed by atoms with Gasteiger partial charge >= 0.3 is 0 Å². The summed E-state index contributed by atoms with van der Waals surface area (Å²) >= 11 is 5.95. The number of nitrogens with one attached hydrogen (secondary N) is 3. The van der Waals surface area contributed by atoms with Gasteiger partial charge < -0.3 is 21.7 Å². The van der Waals surface area contributed by atoms with Gasteiger partial charge in [-0.05, 0) is 74.4 Å². The summed E-state index contributed by atoms with van der Waals surface area (Å²) in [6.07, 6.45) is 3.21. The summed E-state index contributed by atoms with van der Waals surface area (Å²) in [4.78, 5) is 29.7. The number of hydrogen-bond donors (Lipinski definition) is 4. The average Bonchev–Trinajstić information content (AvgIpc) is 3.36. The maximum absolute atomic E-state index is 12.7. The number of pyridine rings is 1. The standard InChI is InChI=1S/C23H28ClN5O2/c1-13(22(30)29-19-8-7-18-17(19)6-9-21(25)28-18)27-23(31)20-11-15(12-26-20)10-14-2-4-16(24)5-3-14/h2-6,9,13,15,19-20,26H,7-8,10-12H2,1H3,(H2,25,28)(H,27,31)(H,29,30)/t13-,15-,19?,20+/m0/s1. The maximum atomic E-state index is 12.7. The molecule has 0 radical (unpaired) electrons. The number of aromatic nitrogens is 1. The number of hydrogen-bond acceptors (Lipinski definition) is 5. The molecule has 1 fully saturated rings. The molecule has 0 bridgehead atoms. The lowest BCUT2D eigenvalue weighted by Crippen LogP contribution is -2.50. The molecule has 7 nitrogen and oxygen atoms in total. The summed E-state index contributed by atoms with van der Waals surface area (Å²) in [5.74, 6) is 0.530. The van der Waals surface area contributed by atoms with E-state index in [0.29, 0.717) is 11.7 Å². The number of benzene rings is 1. The van der Waals surface area contributed by atoms with E-state index in [1.807, 2.05) is 30.3 Å². The molecule has 0 spiro atoms. The molecule has 1 aromatic heterocycles. The lowest BCUT2D eigenvalue weighted by molar-refractivity contribution is -0.129. The van der Waals surface area contributed by atoms with E-state index >= 15 is 0 Å². The fourth-order valence-electron chi connectivity index (χ4n) is 4.43. The summed E-state index contributed by atoms with van der Waals surface area (Å²) in [7, 11) is 0. The highest BCUT2D eigenvalue weighted by atomic mass is 35.5. The van der Waals surface area contributed by atoms with Gasteiger partial charge in [-0.25, -0.2) is 4.98 Å². The maximum Gasteiger partial charge on any atom is 0.242 e. The van der Waals surface area contributed by atoms with E-state index in [1.165, 1.54) is 5.56 Å². The van der Waals surface area contributed by atoms with Gasteiger partial charge in [0, 0.05) is 10.7 Å². The number of carbonyl (C=O) groups is 2. The Morgan fingerprint density at radius 3 is 2.81 bits per heavy atom. The molecule has 1 aliphatic heterocycles. The highest BCUT2D eigenvalue weighted by molar-refractivity contribution is 6.30. The molecule has 2 heterocycles. The van der Waals surface area contributed by atoms with E-state index in [1.54, 1.807) is 13.0 Å². The molecule has 1 aliphatic carbocycles. The van der Waals surface area contributed by atoms with Crippen molar-refractivity contribution in [2.24, 2.45) is 5.92 Å². The fraction of sp³-hybridized carbons (Fsp3) is 0.435. The van der Waals surface area contributed by atoms with Crippen LogP contribution in [0.4, 0.5) is 5.82 Å². The summed E-state index contributed by atoms with van der Waals surface area (Å²) in [5, 5.41) is 9.89. The van der Waals surface area contributed by atoms with Crippen molar-refractivity contribution in [3.63, 3.8) is 0 Å². The average molecular weight is 442 g/mol. The first-order valence-electron chi connectivity index (χ1n) is 10.7. The zero-order valence-electron chi connectivity index (χ0n) is 17.5. The molecule has 1 unspecified atom stereocenters. The number of carbonyl (C=O) groups excluding carboxylic acids is 2. The second-order valence-electron chi connectivity index (χ2n) is 8.50. The smallest absolute Gasteiger partial charge is 0.242 e. The minimum atomic E-state index is -0.615. The van der Waals surface area contributed by atoms with Crippen molar-refractivity contribution in [3.8, 4) is 0 Å². The van der Waals surface area contributed by atoms with Crippen LogP contribution in [-0.4, -0.2) is 35.4 Å². The molecule has 4 atom stereocenters. The Morgan fingerprint density at radius 1 is 1.26 bits per heavy atom. The van der Waals surface area contributed by atoms with Crippen molar-refractivity contribution in [1.29, 1.82) is 0 Å². The molecule has 1 aromatic carbocycles. The normalized spacial score (nSPS) is 23.2. The molecular weight excluding hydrogens is 414 g/mol. The number of nitrogens with two attached hydrogens (primary N) is 1. The molecule has 0 saturated carbocycles. The highest BCUT2D eigenvalue weighted by Gasteiger charge is 2.32. The number of amides is 2. The van der Waals surface area contributed by atoms with Crippen LogP contribution in [0.15, 0.2) is 36.4 Å². The molecule has 8 heteroatoms. The van der Waals surface area contributed by atoms with Crippen molar-refractivity contribution >= 4 is 29.2 Å². The van der Waals surface area contributed by atoms with Crippen LogP contribution in [0.1, 0.15) is 42.6 Å². The largest absolute Gasteiger partial charge is 0.384 e. The Bertz CT molecular complexity index is 965. The van der Waals surface area contributed by atoms with Crippen LogP contribution in [0, 0.1) is 5.92 Å². The molecule has 2 aliphatic rings. The van der Waals surface area contributed by atoms with Gasteiger partial charge in [-0.2, -0.15) is 0 Å². The number of nitrogens with zero attached hydrogens (tertiary/aromatic N) is 1.